The molecule has 1 saturated heterocycles. The zero-order chi connectivity index (χ0) is 15.9. The van der Waals surface area contributed by atoms with E-state index >= 15 is 0 Å². The lowest BCUT2D eigenvalue weighted by Gasteiger charge is -2.41. The van der Waals surface area contributed by atoms with Crippen molar-refractivity contribution in [3.63, 3.8) is 0 Å². The van der Waals surface area contributed by atoms with Gasteiger partial charge in [-0.15, -0.1) is 0 Å². The predicted octanol–water partition coefficient (Wildman–Crippen LogP) is 1.84. The van der Waals surface area contributed by atoms with Gasteiger partial charge in [0.05, 0.1) is 42.8 Å². The molecule has 3 rings (SSSR count). The predicted molar refractivity (Wildman–Crippen MR) is 75.5 cm³/mol. The van der Waals surface area contributed by atoms with Crippen LogP contribution >= 0.6 is 0 Å². The number of carbonyl (C=O) groups excluding carboxylic acids is 1. The van der Waals surface area contributed by atoms with Gasteiger partial charge < -0.3 is 14.4 Å². The highest BCUT2D eigenvalue weighted by molar-refractivity contribution is 5.84. The molecule has 1 aromatic rings. The average Bonchev–Trinajstić information content (AvgIpc) is 2.64. The maximum atomic E-state index is 14.3. The first kappa shape index (κ1) is 14.8. The molecule has 116 valence electrons. The van der Waals surface area contributed by atoms with Crippen LogP contribution in [0.25, 0.3) is 0 Å². The van der Waals surface area contributed by atoms with Crippen molar-refractivity contribution < 1.29 is 18.7 Å². The summed E-state index contributed by atoms with van der Waals surface area (Å²) in [7, 11) is 0. The lowest BCUT2D eigenvalue weighted by Crippen LogP contribution is -2.55. The van der Waals surface area contributed by atoms with E-state index in [-0.39, 0.29) is 30.7 Å². The molecule has 0 aliphatic carbocycles. The summed E-state index contributed by atoms with van der Waals surface area (Å²) in [5.41, 5.74) is -0.00876. The molecule has 6 heteroatoms. The number of rotatable bonds is 1. The van der Waals surface area contributed by atoms with E-state index < -0.39 is 11.2 Å². The smallest absolute Gasteiger partial charge is 0.233 e. The Kier molecular flexibility index (Phi) is 3.53. The van der Waals surface area contributed by atoms with Gasteiger partial charge in [0, 0.05) is 5.56 Å². The second-order valence-electron chi connectivity index (χ2n) is 6.19. The molecule has 0 saturated carbocycles. The maximum Gasteiger partial charge on any atom is 0.233 e. The number of hydrogen-bond acceptors (Lipinski definition) is 4. The highest BCUT2D eigenvalue weighted by Crippen LogP contribution is 2.34. The number of amides is 1. The topological polar surface area (TPSA) is 62.6 Å². The van der Waals surface area contributed by atoms with Gasteiger partial charge in [-0.05, 0) is 26.0 Å². The minimum atomic E-state index is -0.540. The zero-order valence-electron chi connectivity index (χ0n) is 12.6. The third kappa shape index (κ3) is 2.32. The van der Waals surface area contributed by atoms with Gasteiger partial charge in [-0.2, -0.15) is 5.26 Å². The van der Waals surface area contributed by atoms with Gasteiger partial charge in [-0.3, -0.25) is 4.79 Å². The van der Waals surface area contributed by atoms with E-state index in [1.165, 1.54) is 12.1 Å². The summed E-state index contributed by atoms with van der Waals surface area (Å²) in [5.74, 6) is -0.226. The number of nitrogens with zero attached hydrogens (tertiary/aromatic N) is 2. The Morgan fingerprint density at radius 1 is 1.50 bits per heavy atom. The molecule has 0 radical (unpaired) electrons. The molecule has 1 aromatic carbocycles. The van der Waals surface area contributed by atoms with Crippen molar-refractivity contribution in [2.24, 2.45) is 5.41 Å². The Hall–Kier alpha value is -2.13. The fourth-order valence-corrected chi connectivity index (χ4v) is 2.74. The fourth-order valence-electron chi connectivity index (χ4n) is 2.74. The molecule has 0 aromatic heterocycles. The quantitative estimate of drug-likeness (QED) is 0.794. The van der Waals surface area contributed by atoms with Crippen LogP contribution in [0.5, 0.6) is 5.75 Å². The Labute approximate surface area is 128 Å². The van der Waals surface area contributed by atoms with E-state index in [1.54, 1.807) is 4.90 Å². The number of hydrogen-bond donors (Lipinski definition) is 0. The van der Waals surface area contributed by atoms with Crippen LogP contribution in [-0.2, 0) is 16.1 Å². The minimum absolute atomic E-state index is 0.0496. The van der Waals surface area contributed by atoms with Crippen LogP contribution in [0.1, 0.15) is 25.0 Å². The first-order valence-electron chi connectivity index (χ1n) is 7.19. The molecule has 1 atom stereocenters. The standard InChI is InChI=1S/C16H17FN2O3/c1-10-7-22-14-4-11(5-18)3-13(17)12(14)6-19(10)15(20)16(2)8-21-9-16/h3-4,10H,6-9H2,1-2H3. The van der Waals surface area contributed by atoms with E-state index in [2.05, 4.69) is 0 Å². The van der Waals surface area contributed by atoms with Gasteiger partial charge in [-0.25, -0.2) is 4.39 Å². The molecule has 22 heavy (non-hydrogen) atoms. The number of ether oxygens (including phenoxy) is 2. The maximum absolute atomic E-state index is 14.3. The largest absolute Gasteiger partial charge is 0.491 e. The van der Waals surface area contributed by atoms with Crippen molar-refractivity contribution in [1.82, 2.24) is 4.90 Å². The van der Waals surface area contributed by atoms with Crippen molar-refractivity contribution in [2.45, 2.75) is 26.4 Å². The van der Waals surface area contributed by atoms with Gasteiger partial charge in [0.25, 0.3) is 0 Å². The van der Waals surface area contributed by atoms with E-state index in [0.29, 0.717) is 24.5 Å². The Bertz CT molecular complexity index is 664. The first-order valence-corrected chi connectivity index (χ1v) is 7.19. The van der Waals surface area contributed by atoms with Crippen molar-refractivity contribution in [2.75, 3.05) is 19.8 Å². The molecule has 2 heterocycles. The third-order valence-corrected chi connectivity index (χ3v) is 4.24. The lowest BCUT2D eigenvalue weighted by atomic mass is 9.86. The van der Waals surface area contributed by atoms with Gasteiger partial charge in [0.15, 0.2) is 0 Å². The molecule has 1 unspecified atom stereocenters. The molecule has 5 nitrogen and oxygen atoms in total. The Balaban J connectivity index is 1.95. The highest BCUT2D eigenvalue weighted by Gasteiger charge is 2.45. The number of benzene rings is 1. The molecule has 1 fully saturated rings. The van der Waals surface area contributed by atoms with Gasteiger partial charge >= 0.3 is 0 Å². The molecular weight excluding hydrogens is 287 g/mol. The fraction of sp³-hybridized carbons (Fsp3) is 0.500. The van der Waals surface area contributed by atoms with Gasteiger partial charge in [0.1, 0.15) is 18.2 Å². The summed E-state index contributed by atoms with van der Waals surface area (Å²) in [6, 6.07) is 4.43. The highest BCUT2D eigenvalue weighted by atomic mass is 19.1. The number of nitriles is 1. The minimum Gasteiger partial charge on any atom is -0.491 e. The van der Waals surface area contributed by atoms with E-state index in [1.807, 2.05) is 19.9 Å². The lowest BCUT2D eigenvalue weighted by molar-refractivity contribution is -0.171. The van der Waals surface area contributed by atoms with Crippen molar-refractivity contribution in [3.05, 3.63) is 29.1 Å². The van der Waals surface area contributed by atoms with Gasteiger partial charge in [-0.1, -0.05) is 0 Å². The van der Waals surface area contributed by atoms with Crippen molar-refractivity contribution in [1.29, 1.82) is 5.26 Å². The molecule has 0 spiro atoms. The normalized spacial score (nSPS) is 22.6. The van der Waals surface area contributed by atoms with Crippen LogP contribution in [0.2, 0.25) is 0 Å². The monoisotopic (exact) mass is 304 g/mol. The Morgan fingerprint density at radius 2 is 2.23 bits per heavy atom. The van der Waals surface area contributed by atoms with Crippen molar-refractivity contribution in [3.8, 4) is 11.8 Å². The van der Waals surface area contributed by atoms with Crippen LogP contribution in [0.15, 0.2) is 12.1 Å². The Morgan fingerprint density at radius 3 is 2.82 bits per heavy atom. The van der Waals surface area contributed by atoms with Crippen LogP contribution in [-0.4, -0.2) is 36.7 Å². The SMILES string of the molecule is CC1COc2cc(C#N)cc(F)c2CN1C(=O)C1(C)COC1. The number of fused-ring (bicyclic) bond motifs is 1. The molecule has 2 aliphatic rings. The molecule has 1 amide bonds. The average molecular weight is 304 g/mol. The summed E-state index contributed by atoms with van der Waals surface area (Å²) < 4.78 is 25.0. The third-order valence-electron chi connectivity index (χ3n) is 4.24. The first-order chi connectivity index (χ1) is 10.4. The van der Waals surface area contributed by atoms with E-state index in [9.17, 15) is 9.18 Å². The van der Waals surface area contributed by atoms with Crippen LogP contribution in [0.4, 0.5) is 4.39 Å². The van der Waals surface area contributed by atoms with Crippen LogP contribution in [0, 0.1) is 22.6 Å². The summed E-state index contributed by atoms with van der Waals surface area (Å²) >= 11 is 0. The summed E-state index contributed by atoms with van der Waals surface area (Å²) in [4.78, 5) is 14.4. The number of halogens is 1. The van der Waals surface area contributed by atoms with Gasteiger partial charge in [0.2, 0.25) is 5.91 Å². The summed E-state index contributed by atoms with van der Waals surface area (Å²) in [5, 5.41) is 8.92. The second kappa shape index (κ2) is 5.25. The molecule has 0 N–H and O–H groups in total. The van der Waals surface area contributed by atoms with E-state index in [0.717, 1.165) is 0 Å². The van der Waals surface area contributed by atoms with Crippen LogP contribution < -0.4 is 4.74 Å². The van der Waals surface area contributed by atoms with E-state index in [4.69, 9.17) is 14.7 Å². The van der Waals surface area contributed by atoms with Crippen LogP contribution in [0.3, 0.4) is 0 Å². The van der Waals surface area contributed by atoms with Crippen molar-refractivity contribution >= 4 is 5.91 Å². The summed E-state index contributed by atoms with van der Waals surface area (Å²) in [6.07, 6.45) is 0. The molecular formula is C16H17FN2O3. The summed E-state index contributed by atoms with van der Waals surface area (Å²) in [6.45, 7) is 4.91. The molecule has 2 aliphatic heterocycles. The number of carbonyl (C=O) groups is 1. The second-order valence-corrected chi connectivity index (χ2v) is 6.19. The zero-order valence-corrected chi connectivity index (χ0v) is 12.6. The molecule has 0 bridgehead atoms.